The SMILES string of the molecule is CCCC(C)N(C)c1ncc(Br)cc1Cl. The van der Waals surface area contributed by atoms with Crippen LogP contribution in [-0.2, 0) is 0 Å². The van der Waals surface area contributed by atoms with Crippen molar-refractivity contribution in [2.75, 3.05) is 11.9 Å². The van der Waals surface area contributed by atoms with Gasteiger partial charge in [-0.2, -0.15) is 0 Å². The molecule has 1 aromatic heterocycles. The molecular weight excluding hydrogens is 275 g/mol. The number of anilines is 1. The second-order valence-corrected chi connectivity index (χ2v) is 5.03. The van der Waals surface area contributed by atoms with Crippen LogP contribution < -0.4 is 4.90 Å². The smallest absolute Gasteiger partial charge is 0.147 e. The highest BCUT2D eigenvalue weighted by Crippen LogP contribution is 2.27. The second kappa shape index (κ2) is 5.71. The Balaban J connectivity index is 2.86. The van der Waals surface area contributed by atoms with Gasteiger partial charge in [0.25, 0.3) is 0 Å². The molecule has 0 aliphatic heterocycles. The van der Waals surface area contributed by atoms with Crippen LogP contribution in [0.1, 0.15) is 26.7 Å². The first-order chi connectivity index (χ1) is 7.06. The van der Waals surface area contributed by atoms with E-state index in [9.17, 15) is 0 Å². The summed E-state index contributed by atoms with van der Waals surface area (Å²) in [6.45, 7) is 4.37. The maximum atomic E-state index is 6.13. The van der Waals surface area contributed by atoms with Crippen molar-refractivity contribution in [3.63, 3.8) is 0 Å². The number of aromatic nitrogens is 1. The minimum absolute atomic E-state index is 0.459. The van der Waals surface area contributed by atoms with E-state index in [1.54, 1.807) is 6.20 Å². The monoisotopic (exact) mass is 290 g/mol. The Hall–Kier alpha value is -0.280. The molecule has 0 radical (unpaired) electrons. The number of pyridine rings is 1. The fourth-order valence-electron chi connectivity index (χ4n) is 1.49. The molecule has 0 aliphatic rings. The van der Waals surface area contributed by atoms with Crippen molar-refractivity contribution in [3.8, 4) is 0 Å². The van der Waals surface area contributed by atoms with Gasteiger partial charge in [0.1, 0.15) is 5.82 Å². The van der Waals surface area contributed by atoms with Gasteiger partial charge in [0.05, 0.1) is 5.02 Å². The van der Waals surface area contributed by atoms with E-state index in [2.05, 4.69) is 39.7 Å². The molecule has 0 saturated carbocycles. The Morgan fingerprint density at radius 1 is 1.60 bits per heavy atom. The number of hydrogen-bond acceptors (Lipinski definition) is 2. The molecule has 1 rings (SSSR count). The minimum atomic E-state index is 0.459. The van der Waals surface area contributed by atoms with E-state index in [-0.39, 0.29) is 0 Å². The van der Waals surface area contributed by atoms with Crippen LogP contribution in [0.3, 0.4) is 0 Å². The average molecular weight is 292 g/mol. The van der Waals surface area contributed by atoms with Crippen LogP contribution in [0, 0.1) is 0 Å². The van der Waals surface area contributed by atoms with Crippen molar-refractivity contribution in [1.29, 1.82) is 0 Å². The zero-order valence-electron chi connectivity index (χ0n) is 9.30. The highest BCUT2D eigenvalue weighted by molar-refractivity contribution is 9.10. The fraction of sp³-hybridized carbons (Fsp3) is 0.545. The molecule has 0 aliphatic carbocycles. The Labute approximate surface area is 105 Å². The lowest BCUT2D eigenvalue weighted by Crippen LogP contribution is -2.29. The van der Waals surface area contributed by atoms with E-state index >= 15 is 0 Å². The Bertz CT molecular complexity index is 330. The van der Waals surface area contributed by atoms with Crippen LogP contribution in [0.4, 0.5) is 5.82 Å². The second-order valence-electron chi connectivity index (χ2n) is 3.71. The third-order valence-corrected chi connectivity index (χ3v) is 3.20. The van der Waals surface area contributed by atoms with Gasteiger partial charge in [-0.15, -0.1) is 0 Å². The van der Waals surface area contributed by atoms with E-state index in [4.69, 9.17) is 11.6 Å². The molecule has 0 saturated heterocycles. The third kappa shape index (κ3) is 3.35. The average Bonchev–Trinajstić information content (AvgIpc) is 2.17. The van der Waals surface area contributed by atoms with Gasteiger partial charge in [-0.05, 0) is 35.3 Å². The maximum Gasteiger partial charge on any atom is 0.147 e. The molecule has 4 heteroatoms. The van der Waals surface area contributed by atoms with Gasteiger partial charge in [0.15, 0.2) is 0 Å². The molecule has 0 bridgehead atoms. The van der Waals surface area contributed by atoms with Crippen LogP contribution in [0.2, 0.25) is 5.02 Å². The van der Waals surface area contributed by atoms with Crippen LogP contribution in [-0.4, -0.2) is 18.1 Å². The minimum Gasteiger partial charge on any atom is -0.356 e. The highest BCUT2D eigenvalue weighted by Gasteiger charge is 2.13. The largest absolute Gasteiger partial charge is 0.356 e. The Morgan fingerprint density at radius 3 is 2.80 bits per heavy atom. The van der Waals surface area contributed by atoms with Crippen molar-refractivity contribution >= 4 is 33.3 Å². The van der Waals surface area contributed by atoms with E-state index in [1.807, 2.05) is 13.1 Å². The van der Waals surface area contributed by atoms with E-state index in [1.165, 1.54) is 6.42 Å². The normalized spacial score (nSPS) is 12.6. The van der Waals surface area contributed by atoms with Gasteiger partial charge in [-0.1, -0.05) is 24.9 Å². The summed E-state index contributed by atoms with van der Waals surface area (Å²) in [6.07, 6.45) is 4.08. The van der Waals surface area contributed by atoms with Crippen LogP contribution in [0.25, 0.3) is 0 Å². The summed E-state index contributed by atoms with van der Waals surface area (Å²) in [6, 6.07) is 2.33. The summed E-state index contributed by atoms with van der Waals surface area (Å²) in [5, 5.41) is 0.690. The first kappa shape index (κ1) is 12.8. The van der Waals surface area contributed by atoms with Gasteiger partial charge in [0, 0.05) is 23.8 Å². The molecule has 84 valence electrons. The van der Waals surface area contributed by atoms with Gasteiger partial charge in [0.2, 0.25) is 0 Å². The Morgan fingerprint density at radius 2 is 2.27 bits per heavy atom. The number of rotatable bonds is 4. The van der Waals surface area contributed by atoms with Gasteiger partial charge >= 0.3 is 0 Å². The standard InChI is InChI=1S/C11H16BrClN2/c1-4-5-8(2)15(3)11-10(13)6-9(12)7-14-11/h6-8H,4-5H2,1-3H3. The maximum absolute atomic E-state index is 6.13. The zero-order chi connectivity index (χ0) is 11.4. The van der Waals surface area contributed by atoms with Gasteiger partial charge in [-0.3, -0.25) is 0 Å². The van der Waals surface area contributed by atoms with Crippen LogP contribution >= 0.6 is 27.5 Å². The van der Waals surface area contributed by atoms with Crippen molar-refractivity contribution in [3.05, 3.63) is 21.8 Å². The molecule has 2 nitrogen and oxygen atoms in total. The molecule has 0 aromatic carbocycles. The molecule has 0 spiro atoms. The molecule has 1 aromatic rings. The summed E-state index contributed by atoms with van der Waals surface area (Å²) in [5.41, 5.74) is 0. The van der Waals surface area contributed by atoms with E-state index < -0.39 is 0 Å². The molecular formula is C11H16BrClN2. The van der Waals surface area contributed by atoms with Crippen molar-refractivity contribution in [2.45, 2.75) is 32.7 Å². The topological polar surface area (TPSA) is 16.1 Å². The summed E-state index contributed by atoms with van der Waals surface area (Å²) in [4.78, 5) is 6.45. The number of nitrogens with zero attached hydrogens (tertiary/aromatic N) is 2. The van der Waals surface area contributed by atoms with E-state index in [0.29, 0.717) is 11.1 Å². The molecule has 0 amide bonds. The molecule has 1 heterocycles. The summed E-state index contributed by atoms with van der Waals surface area (Å²) < 4.78 is 0.910. The first-order valence-corrected chi connectivity index (χ1v) is 6.27. The number of halogens is 2. The van der Waals surface area contributed by atoms with Crippen LogP contribution in [0.5, 0.6) is 0 Å². The molecule has 1 atom stereocenters. The van der Waals surface area contributed by atoms with Crippen LogP contribution in [0.15, 0.2) is 16.7 Å². The van der Waals surface area contributed by atoms with Crippen molar-refractivity contribution in [2.24, 2.45) is 0 Å². The fourth-order valence-corrected chi connectivity index (χ4v) is 2.25. The molecule has 1 unspecified atom stereocenters. The molecule has 0 N–H and O–H groups in total. The van der Waals surface area contributed by atoms with E-state index in [0.717, 1.165) is 16.7 Å². The summed E-state index contributed by atoms with van der Waals surface area (Å²) in [5.74, 6) is 0.848. The zero-order valence-corrected chi connectivity index (χ0v) is 11.6. The van der Waals surface area contributed by atoms with Gasteiger partial charge in [-0.25, -0.2) is 4.98 Å². The van der Waals surface area contributed by atoms with Gasteiger partial charge < -0.3 is 4.90 Å². The predicted octanol–water partition coefficient (Wildman–Crippen LogP) is 4.12. The summed E-state index contributed by atoms with van der Waals surface area (Å²) in [7, 11) is 2.03. The Kier molecular flexibility index (Phi) is 4.87. The lowest BCUT2D eigenvalue weighted by molar-refractivity contribution is 0.611. The lowest BCUT2D eigenvalue weighted by atomic mass is 10.2. The summed E-state index contributed by atoms with van der Waals surface area (Å²) >= 11 is 9.48. The molecule has 0 fully saturated rings. The third-order valence-electron chi connectivity index (χ3n) is 2.49. The predicted molar refractivity (Wildman–Crippen MR) is 69.7 cm³/mol. The quantitative estimate of drug-likeness (QED) is 0.829. The van der Waals surface area contributed by atoms with Crippen molar-refractivity contribution < 1.29 is 0 Å². The van der Waals surface area contributed by atoms with Crippen molar-refractivity contribution in [1.82, 2.24) is 4.98 Å². The first-order valence-electron chi connectivity index (χ1n) is 5.10. The highest BCUT2D eigenvalue weighted by atomic mass is 79.9. The number of hydrogen-bond donors (Lipinski definition) is 0. The lowest BCUT2D eigenvalue weighted by Gasteiger charge is -2.26. The molecule has 15 heavy (non-hydrogen) atoms.